The van der Waals surface area contributed by atoms with E-state index in [0.29, 0.717) is 5.92 Å². The van der Waals surface area contributed by atoms with Crippen LogP contribution in [-0.4, -0.2) is 12.1 Å². The molecule has 0 amide bonds. The quantitative estimate of drug-likeness (QED) is 0.561. The number of carbonyl (C=O) groups is 1. The minimum atomic E-state index is 0.0643. The van der Waals surface area contributed by atoms with Crippen LogP contribution in [0, 0.1) is 11.8 Å². The molecule has 0 spiro atoms. The largest absolute Gasteiger partial charge is 0.462 e. The van der Waals surface area contributed by atoms with Crippen molar-refractivity contribution >= 4 is 5.97 Å². The van der Waals surface area contributed by atoms with Gasteiger partial charge >= 0.3 is 5.97 Å². The van der Waals surface area contributed by atoms with Crippen molar-refractivity contribution in [1.29, 1.82) is 0 Å². The molecule has 0 bridgehead atoms. The van der Waals surface area contributed by atoms with Gasteiger partial charge in [0.2, 0.25) is 0 Å². The van der Waals surface area contributed by atoms with Crippen LogP contribution in [-0.2, 0) is 9.53 Å². The molecule has 2 fully saturated rings. The molecule has 1 saturated heterocycles. The molecular weight excluding hydrogens is 152 g/mol. The van der Waals surface area contributed by atoms with Crippen LogP contribution < -0.4 is 0 Å². The highest BCUT2D eigenvalue weighted by molar-refractivity contribution is 5.75. The van der Waals surface area contributed by atoms with E-state index in [9.17, 15) is 4.79 Å². The molecule has 1 saturated carbocycles. The van der Waals surface area contributed by atoms with Crippen molar-refractivity contribution in [2.75, 3.05) is 0 Å². The highest BCUT2D eigenvalue weighted by Crippen LogP contribution is 2.39. The zero-order valence-electron chi connectivity index (χ0n) is 7.58. The van der Waals surface area contributed by atoms with Crippen LogP contribution in [0.4, 0.5) is 0 Å². The summed E-state index contributed by atoms with van der Waals surface area (Å²) in [4.78, 5) is 11.3. The third-order valence-corrected chi connectivity index (χ3v) is 3.28. The predicted octanol–water partition coefficient (Wildman–Crippen LogP) is 2.13. The van der Waals surface area contributed by atoms with Crippen LogP contribution in [0.2, 0.25) is 0 Å². The molecule has 0 radical (unpaired) electrons. The fraction of sp³-hybridized carbons (Fsp3) is 0.900. The van der Waals surface area contributed by atoms with E-state index < -0.39 is 0 Å². The van der Waals surface area contributed by atoms with Crippen LogP contribution in [0.1, 0.15) is 39.0 Å². The standard InChI is InChI=1S/C10H16O2/c1-2-7-8-5-3-4-6-9(8)12-10(7)11/h7-9H,2-6H2,1H3/t7-,8+,9+/m1/s1. The molecular formula is C10H16O2. The number of fused-ring (bicyclic) bond motifs is 1. The third-order valence-electron chi connectivity index (χ3n) is 3.28. The Hall–Kier alpha value is -0.530. The molecule has 1 aliphatic heterocycles. The van der Waals surface area contributed by atoms with Crippen LogP contribution >= 0.6 is 0 Å². The van der Waals surface area contributed by atoms with Gasteiger partial charge in [0, 0.05) is 5.92 Å². The summed E-state index contributed by atoms with van der Waals surface area (Å²) < 4.78 is 5.33. The summed E-state index contributed by atoms with van der Waals surface area (Å²) in [5, 5.41) is 0. The molecule has 0 aromatic heterocycles. The lowest BCUT2D eigenvalue weighted by molar-refractivity contribution is -0.144. The summed E-state index contributed by atoms with van der Waals surface area (Å²) in [7, 11) is 0. The first kappa shape index (κ1) is 8.09. The Labute approximate surface area is 73.3 Å². The Morgan fingerprint density at radius 3 is 2.92 bits per heavy atom. The van der Waals surface area contributed by atoms with Gasteiger partial charge in [-0.25, -0.2) is 0 Å². The van der Waals surface area contributed by atoms with Crippen molar-refractivity contribution in [3.8, 4) is 0 Å². The van der Waals surface area contributed by atoms with E-state index in [2.05, 4.69) is 6.92 Å². The van der Waals surface area contributed by atoms with Crippen molar-refractivity contribution in [2.45, 2.75) is 45.1 Å². The molecule has 1 heterocycles. The van der Waals surface area contributed by atoms with Gasteiger partial charge in [-0.1, -0.05) is 13.3 Å². The van der Waals surface area contributed by atoms with Crippen molar-refractivity contribution in [3.05, 3.63) is 0 Å². The molecule has 3 atom stereocenters. The lowest BCUT2D eigenvalue weighted by Crippen LogP contribution is -2.24. The Balaban J connectivity index is 2.10. The van der Waals surface area contributed by atoms with Gasteiger partial charge in [0.25, 0.3) is 0 Å². The fourth-order valence-corrected chi connectivity index (χ4v) is 2.61. The Bertz CT molecular complexity index is 188. The van der Waals surface area contributed by atoms with E-state index >= 15 is 0 Å². The number of hydrogen-bond acceptors (Lipinski definition) is 2. The fourth-order valence-electron chi connectivity index (χ4n) is 2.61. The summed E-state index contributed by atoms with van der Waals surface area (Å²) in [6.45, 7) is 2.09. The van der Waals surface area contributed by atoms with Crippen molar-refractivity contribution in [2.24, 2.45) is 11.8 Å². The maximum Gasteiger partial charge on any atom is 0.309 e. The van der Waals surface area contributed by atoms with Gasteiger partial charge in [0.1, 0.15) is 6.10 Å². The smallest absolute Gasteiger partial charge is 0.309 e. The first-order chi connectivity index (χ1) is 5.83. The second kappa shape index (κ2) is 3.08. The van der Waals surface area contributed by atoms with Gasteiger partial charge in [-0.05, 0) is 25.7 Å². The SMILES string of the molecule is CC[C@H]1C(=O)O[C@H]2CCCC[C@H]21. The number of ether oxygens (including phenoxy) is 1. The van der Waals surface area contributed by atoms with Gasteiger partial charge < -0.3 is 4.74 Å². The van der Waals surface area contributed by atoms with E-state index in [1.54, 1.807) is 0 Å². The molecule has 0 aromatic carbocycles. The molecule has 2 heteroatoms. The average molecular weight is 168 g/mol. The lowest BCUT2D eigenvalue weighted by atomic mass is 9.79. The maximum atomic E-state index is 11.3. The molecule has 0 N–H and O–H groups in total. The number of esters is 1. The molecule has 2 rings (SSSR count). The van der Waals surface area contributed by atoms with Crippen LogP contribution in [0.3, 0.4) is 0 Å². The maximum absolute atomic E-state index is 11.3. The van der Waals surface area contributed by atoms with Crippen LogP contribution in [0.15, 0.2) is 0 Å². The summed E-state index contributed by atoms with van der Waals surface area (Å²) in [6.07, 6.45) is 6.07. The minimum absolute atomic E-state index is 0.0643. The minimum Gasteiger partial charge on any atom is -0.462 e. The molecule has 12 heavy (non-hydrogen) atoms. The third kappa shape index (κ3) is 1.13. The Morgan fingerprint density at radius 2 is 2.17 bits per heavy atom. The molecule has 0 unspecified atom stereocenters. The van der Waals surface area contributed by atoms with E-state index in [1.165, 1.54) is 19.3 Å². The van der Waals surface area contributed by atoms with Crippen molar-refractivity contribution in [1.82, 2.24) is 0 Å². The summed E-state index contributed by atoms with van der Waals surface area (Å²) in [6, 6.07) is 0. The van der Waals surface area contributed by atoms with Gasteiger partial charge in [-0.3, -0.25) is 4.79 Å². The number of hydrogen-bond donors (Lipinski definition) is 0. The van der Waals surface area contributed by atoms with Gasteiger partial charge in [0.05, 0.1) is 5.92 Å². The Kier molecular flexibility index (Phi) is 2.07. The number of rotatable bonds is 1. The zero-order chi connectivity index (χ0) is 8.55. The average Bonchev–Trinajstić information content (AvgIpc) is 2.40. The molecule has 2 nitrogen and oxygen atoms in total. The summed E-state index contributed by atoms with van der Waals surface area (Å²) in [5.41, 5.74) is 0. The molecule has 1 aliphatic carbocycles. The highest BCUT2D eigenvalue weighted by Gasteiger charge is 2.43. The Morgan fingerprint density at radius 1 is 1.42 bits per heavy atom. The van der Waals surface area contributed by atoms with E-state index in [4.69, 9.17) is 4.74 Å². The van der Waals surface area contributed by atoms with E-state index in [-0.39, 0.29) is 18.0 Å². The first-order valence-electron chi connectivity index (χ1n) is 5.03. The van der Waals surface area contributed by atoms with Gasteiger partial charge in [-0.15, -0.1) is 0 Å². The number of carbonyl (C=O) groups excluding carboxylic acids is 1. The van der Waals surface area contributed by atoms with Gasteiger partial charge in [0.15, 0.2) is 0 Å². The highest BCUT2D eigenvalue weighted by atomic mass is 16.6. The predicted molar refractivity (Wildman–Crippen MR) is 45.6 cm³/mol. The van der Waals surface area contributed by atoms with E-state index in [1.807, 2.05) is 0 Å². The second-order valence-corrected chi connectivity index (χ2v) is 3.94. The molecule has 68 valence electrons. The van der Waals surface area contributed by atoms with E-state index in [0.717, 1.165) is 12.8 Å². The van der Waals surface area contributed by atoms with Crippen LogP contribution in [0.5, 0.6) is 0 Å². The molecule has 2 aliphatic rings. The molecule has 0 aromatic rings. The first-order valence-corrected chi connectivity index (χ1v) is 5.03. The lowest BCUT2D eigenvalue weighted by Gasteiger charge is -2.24. The van der Waals surface area contributed by atoms with Gasteiger partial charge in [-0.2, -0.15) is 0 Å². The van der Waals surface area contributed by atoms with Crippen molar-refractivity contribution in [3.63, 3.8) is 0 Å². The normalized spacial score (nSPS) is 40.8. The zero-order valence-corrected chi connectivity index (χ0v) is 7.58. The summed E-state index contributed by atoms with van der Waals surface area (Å²) in [5.74, 6) is 0.834. The van der Waals surface area contributed by atoms with Crippen molar-refractivity contribution < 1.29 is 9.53 Å². The summed E-state index contributed by atoms with van der Waals surface area (Å²) >= 11 is 0. The second-order valence-electron chi connectivity index (χ2n) is 3.94. The topological polar surface area (TPSA) is 26.3 Å². The monoisotopic (exact) mass is 168 g/mol. The van der Waals surface area contributed by atoms with Crippen LogP contribution in [0.25, 0.3) is 0 Å².